The van der Waals surface area contributed by atoms with Gasteiger partial charge in [-0.25, -0.2) is 0 Å². The van der Waals surface area contributed by atoms with Gasteiger partial charge in [-0.3, -0.25) is 9.78 Å². The lowest BCUT2D eigenvalue weighted by molar-refractivity contribution is -0.117. The lowest BCUT2D eigenvalue weighted by Gasteiger charge is -2.17. The van der Waals surface area contributed by atoms with Crippen molar-refractivity contribution in [3.8, 4) is 0 Å². The average Bonchev–Trinajstić information content (AvgIpc) is 2.60. The van der Waals surface area contributed by atoms with Gasteiger partial charge in [0.25, 0.3) is 0 Å². The molecule has 1 amide bonds. The minimum absolute atomic E-state index is 0.185. The summed E-state index contributed by atoms with van der Waals surface area (Å²) in [6.45, 7) is 2.70. The number of hydrogen-bond acceptors (Lipinski definition) is 3. The normalized spacial score (nSPS) is 21.1. The topological polar surface area (TPSA) is 33.2 Å². The quantitative estimate of drug-likeness (QED) is 0.772. The fraction of sp³-hybridized carbons (Fsp3) is 0.455. The van der Waals surface area contributed by atoms with Gasteiger partial charge in [0.2, 0.25) is 5.91 Å². The van der Waals surface area contributed by atoms with E-state index in [4.69, 9.17) is 0 Å². The number of hydrogen-bond donors (Lipinski definition) is 1. The van der Waals surface area contributed by atoms with E-state index >= 15 is 0 Å². The Bertz CT molecular complexity index is 381. The van der Waals surface area contributed by atoms with Gasteiger partial charge < -0.3 is 4.90 Å². The van der Waals surface area contributed by atoms with E-state index in [1.54, 1.807) is 6.20 Å². The largest absolute Gasteiger partial charge is 0.310 e. The number of carbonyl (C=O) groups excluding carboxylic acids is 1. The Morgan fingerprint density at radius 1 is 1.67 bits per heavy atom. The predicted octanol–water partition coefficient (Wildman–Crippen LogP) is 1.67. The summed E-state index contributed by atoms with van der Waals surface area (Å²) in [5.74, 6) is 1.33. The molecule has 2 rings (SSSR count). The third-order valence-electron chi connectivity index (χ3n) is 2.73. The van der Waals surface area contributed by atoms with Crippen molar-refractivity contribution in [2.24, 2.45) is 5.92 Å². The molecule has 1 aliphatic heterocycles. The first-order chi connectivity index (χ1) is 7.22. The van der Waals surface area contributed by atoms with Crippen molar-refractivity contribution in [1.82, 2.24) is 4.98 Å². The van der Waals surface area contributed by atoms with Crippen LogP contribution in [0.3, 0.4) is 0 Å². The molecule has 2 heterocycles. The molecule has 0 aliphatic carbocycles. The van der Waals surface area contributed by atoms with Crippen LogP contribution in [0.15, 0.2) is 18.3 Å². The van der Waals surface area contributed by atoms with Crippen LogP contribution >= 0.6 is 12.6 Å². The fourth-order valence-corrected chi connectivity index (χ4v) is 2.14. The van der Waals surface area contributed by atoms with Crippen molar-refractivity contribution in [3.63, 3.8) is 0 Å². The molecule has 3 nitrogen and oxygen atoms in total. The van der Waals surface area contributed by atoms with E-state index in [9.17, 15) is 4.79 Å². The molecule has 1 aromatic heterocycles. The Hall–Kier alpha value is -1.03. The molecular weight excluding hydrogens is 208 g/mol. The highest BCUT2D eigenvalue weighted by atomic mass is 32.1. The first-order valence-corrected chi connectivity index (χ1v) is 5.68. The number of carbonyl (C=O) groups is 1. The van der Waals surface area contributed by atoms with Gasteiger partial charge in [-0.2, -0.15) is 12.6 Å². The summed E-state index contributed by atoms with van der Waals surface area (Å²) >= 11 is 4.24. The first kappa shape index (κ1) is 10.5. The fourth-order valence-electron chi connectivity index (χ4n) is 1.90. The molecule has 0 N–H and O–H groups in total. The number of pyridine rings is 1. The van der Waals surface area contributed by atoms with Crippen molar-refractivity contribution in [3.05, 3.63) is 24.0 Å². The third-order valence-corrected chi connectivity index (χ3v) is 3.25. The Morgan fingerprint density at radius 3 is 3.07 bits per heavy atom. The van der Waals surface area contributed by atoms with E-state index in [2.05, 4.69) is 17.6 Å². The zero-order valence-electron chi connectivity index (χ0n) is 8.68. The van der Waals surface area contributed by atoms with Crippen LogP contribution in [0.2, 0.25) is 0 Å². The van der Waals surface area contributed by atoms with Crippen LogP contribution in [0.5, 0.6) is 0 Å². The summed E-state index contributed by atoms with van der Waals surface area (Å²) in [5.41, 5.74) is 1.84. The van der Waals surface area contributed by atoms with E-state index in [1.165, 1.54) is 0 Å². The van der Waals surface area contributed by atoms with Crippen LogP contribution in [0.4, 0.5) is 5.69 Å². The smallest absolute Gasteiger partial charge is 0.227 e. The highest BCUT2D eigenvalue weighted by Crippen LogP contribution is 2.26. The molecule has 0 aromatic carbocycles. The Morgan fingerprint density at radius 2 is 2.47 bits per heavy atom. The zero-order chi connectivity index (χ0) is 10.8. The maximum Gasteiger partial charge on any atom is 0.227 e. The number of thiol groups is 1. The van der Waals surface area contributed by atoms with Crippen LogP contribution < -0.4 is 4.90 Å². The first-order valence-electron chi connectivity index (χ1n) is 5.05. The maximum atomic E-state index is 11.8. The van der Waals surface area contributed by atoms with Gasteiger partial charge >= 0.3 is 0 Å². The lowest BCUT2D eigenvalue weighted by Crippen LogP contribution is -2.25. The highest BCUT2D eigenvalue weighted by molar-refractivity contribution is 7.80. The molecule has 1 saturated heterocycles. The number of aromatic nitrogens is 1. The summed E-state index contributed by atoms with van der Waals surface area (Å²) in [6.07, 6.45) is 2.35. The SMILES string of the molecule is Cc1ncccc1N1CC(CS)CC1=O. The molecule has 0 radical (unpaired) electrons. The number of nitrogens with zero attached hydrogens (tertiary/aromatic N) is 2. The number of anilines is 1. The van der Waals surface area contributed by atoms with Crippen molar-refractivity contribution in [2.75, 3.05) is 17.2 Å². The van der Waals surface area contributed by atoms with Crippen LogP contribution in [0, 0.1) is 12.8 Å². The van der Waals surface area contributed by atoms with Gasteiger partial charge in [-0.1, -0.05) is 0 Å². The van der Waals surface area contributed by atoms with Gasteiger partial charge in [0, 0.05) is 19.2 Å². The van der Waals surface area contributed by atoms with E-state index in [-0.39, 0.29) is 5.91 Å². The molecule has 1 fully saturated rings. The Labute approximate surface area is 94.9 Å². The average molecular weight is 222 g/mol. The standard InChI is InChI=1S/C11H14N2OS/c1-8-10(3-2-4-12-8)13-6-9(7-15)5-11(13)14/h2-4,9,15H,5-7H2,1H3. The van der Waals surface area contributed by atoms with E-state index < -0.39 is 0 Å². The molecule has 15 heavy (non-hydrogen) atoms. The van der Waals surface area contributed by atoms with E-state index in [0.717, 1.165) is 23.7 Å². The Balaban J connectivity index is 2.25. The van der Waals surface area contributed by atoms with Gasteiger partial charge in [0.05, 0.1) is 11.4 Å². The zero-order valence-corrected chi connectivity index (χ0v) is 9.58. The van der Waals surface area contributed by atoms with Crippen molar-refractivity contribution < 1.29 is 4.79 Å². The summed E-state index contributed by atoms with van der Waals surface area (Å²) < 4.78 is 0. The minimum atomic E-state index is 0.185. The summed E-state index contributed by atoms with van der Waals surface area (Å²) in [6, 6.07) is 3.81. The summed E-state index contributed by atoms with van der Waals surface area (Å²) in [7, 11) is 0. The molecule has 1 unspecified atom stereocenters. The molecule has 80 valence electrons. The van der Waals surface area contributed by atoms with E-state index in [1.807, 2.05) is 24.0 Å². The second-order valence-electron chi connectivity index (χ2n) is 3.87. The third kappa shape index (κ3) is 2.00. The van der Waals surface area contributed by atoms with Gasteiger partial charge in [-0.15, -0.1) is 0 Å². The van der Waals surface area contributed by atoms with Crippen molar-refractivity contribution in [2.45, 2.75) is 13.3 Å². The van der Waals surface area contributed by atoms with Crippen LogP contribution in [0.25, 0.3) is 0 Å². The summed E-state index contributed by atoms with van der Waals surface area (Å²) in [4.78, 5) is 17.8. The second-order valence-corrected chi connectivity index (χ2v) is 4.23. The second kappa shape index (κ2) is 4.23. The molecule has 0 bridgehead atoms. The molecule has 0 spiro atoms. The molecule has 0 saturated carbocycles. The van der Waals surface area contributed by atoms with Gasteiger partial charge in [0.15, 0.2) is 0 Å². The Kier molecular flexibility index (Phi) is 2.95. The summed E-state index contributed by atoms with van der Waals surface area (Å²) in [5, 5.41) is 0. The number of aryl methyl sites for hydroxylation is 1. The lowest BCUT2D eigenvalue weighted by atomic mass is 10.1. The number of amides is 1. The van der Waals surface area contributed by atoms with E-state index in [0.29, 0.717) is 12.3 Å². The molecule has 1 aliphatic rings. The molecular formula is C11H14N2OS. The predicted molar refractivity (Wildman–Crippen MR) is 63.3 cm³/mol. The number of rotatable bonds is 2. The van der Waals surface area contributed by atoms with Crippen molar-refractivity contribution >= 4 is 24.2 Å². The maximum absolute atomic E-state index is 11.8. The van der Waals surface area contributed by atoms with Crippen LogP contribution in [-0.4, -0.2) is 23.2 Å². The van der Waals surface area contributed by atoms with Crippen molar-refractivity contribution in [1.29, 1.82) is 0 Å². The van der Waals surface area contributed by atoms with Gasteiger partial charge in [-0.05, 0) is 30.7 Å². The van der Waals surface area contributed by atoms with Crippen LogP contribution in [-0.2, 0) is 4.79 Å². The molecule has 1 atom stereocenters. The molecule has 4 heteroatoms. The monoisotopic (exact) mass is 222 g/mol. The van der Waals surface area contributed by atoms with Gasteiger partial charge in [0.1, 0.15) is 0 Å². The highest BCUT2D eigenvalue weighted by Gasteiger charge is 2.30. The van der Waals surface area contributed by atoms with Crippen LogP contribution in [0.1, 0.15) is 12.1 Å². The minimum Gasteiger partial charge on any atom is -0.310 e. The molecule has 1 aromatic rings.